The molecular formula is C16H26N4O3S. The molecule has 8 heteroatoms. The molecule has 24 heavy (non-hydrogen) atoms. The smallest absolute Gasteiger partial charge is 0.227 e. The summed E-state index contributed by atoms with van der Waals surface area (Å²) < 4.78 is 29.2. The molecule has 0 radical (unpaired) electrons. The van der Waals surface area contributed by atoms with Crippen molar-refractivity contribution < 1.29 is 13.2 Å². The Morgan fingerprint density at radius 3 is 2.83 bits per heavy atom. The topological polar surface area (TPSA) is 84.4 Å². The van der Waals surface area contributed by atoms with Gasteiger partial charge in [0.2, 0.25) is 5.95 Å². The molecule has 2 atom stereocenters. The van der Waals surface area contributed by atoms with E-state index in [1.165, 1.54) is 0 Å². The number of ether oxygens (including phenoxy) is 1. The molecule has 2 saturated heterocycles. The van der Waals surface area contributed by atoms with Gasteiger partial charge in [0, 0.05) is 37.5 Å². The van der Waals surface area contributed by atoms with Gasteiger partial charge in [-0.1, -0.05) is 0 Å². The second-order valence-corrected chi connectivity index (χ2v) is 8.78. The maximum atomic E-state index is 11.8. The van der Waals surface area contributed by atoms with Crippen LogP contribution in [0, 0.1) is 6.92 Å². The molecule has 0 bridgehead atoms. The largest absolute Gasteiger partial charge is 0.376 e. The average Bonchev–Trinajstić information content (AvgIpc) is 3.15. The molecule has 0 amide bonds. The molecule has 1 N–H and O–H groups in total. The molecule has 7 nitrogen and oxygen atoms in total. The van der Waals surface area contributed by atoms with Crippen molar-refractivity contribution in [3.05, 3.63) is 11.8 Å². The van der Waals surface area contributed by atoms with Gasteiger partial charge in [-0.3, -0.25) is 0 Å². The van der Waals surface area contributed by atoms with Gasteiger partial charge in [-0.05, 0) is 33.1 Å². The summed E-state index contributed by atoms with van der Waals surface area (Å²) in [6.07, 6.45) is 3.07. The van der Waals surface area contributed by atoms with Gasteiger partial charge < -0.3 is 15.0 Å². The molecule has 0 saturated carbocycles. The zero-order chi connectivity index (χ0) is 17.2. The molecule has 1 aromatic heterocycles. The Morgan fingerprint density at radius 2 is 2.21 bits per heavy atom. The van der Waals surface area contributed by atoms with E-state index in [1.807, 2.05) is 24.8 Å². The quantitative estimate of drug-likeness (QED) is 0.826. The van der Waals surface area contributed by atoms with Gasteiger partial charge in [-0.2, -0.15) is 4.98 Å². The van der Waals surface area contributed by atoms with Crippen molar-refractivity contribution in [1.29, 1.82) is 0 Å². The van der Waals surface area contributed by atoms with E-state index in [-0.39, 0.29) is 23.7 Å². The fourth-order valence-electron chi connectivity index (χ4n) is 3.38. The normalized spacial score (nSPS) is 25.8. The number of hydrogen-bond donors (Lipinski definition) is 1. The summed E-state index contributed by atoms with van der Waals surface area (Å²) in [5, 5.41) is 3.33. The van der Waals surface area contributed by atoms with Gasteiger partial charge in [0.25, 0.3) is 0 Å². The third kappa shape index (κ3) is 4.16. The van der Waals surface area contributed by atoms with E-state index in [2.05, 4.69) is 15.3 Å². The van der Waals surface area contributed by atoms with Gasteiger partial charge in [0.1, 0.15) is 5.82 Å². The van der Waals surface area contributed by atoms with Gasteiger partial charge in [0.15, 0.2) is 9.84 Å². The van der Waals surface area contributed by atoms with Crippen LogP contribution in [0.25, 0.3) is 0 Å². The van der Waals surface area contributed by atoms with Crippen LogP contribution in [0.3, 0.4) is 0 Å². The van der Waals surface area contributed by atoms with Crippen molar-refractivity contribution in [1.82, 2.24) is 9.97 Å². The van der Waals surface area contributed by atoms with Gasteiger partial charge >= 0.3 is 0 Å². The third-order valence-corrected chi connectivity index (χ3v) is 6.37. The Hall–Kier alpha value is -1.41. The number of anilines is 2. The molecule has 3 rings (SSSR count). The number of nitrogens with one attached hydrogen (secondary N) is 1. The summed E-state index contributed by atoms with van der Waals surface area (Å²) in [5.74, 6) is 1.82. The first kappa shape index (κ1) is 17.4. The monoisotopic (exact) mass is 354 g/mol. The molecule has 2 aliphatic heterocycles. The molecule has 134 valence electrons. The summed E-state index contributed by atoms with van der Waals surface area (Å²) in [4.78, 5) is 11.1. The first-order valence-electron chi connectivity index (χ1n) is 8.65. The Bertz CT molecular complexity index is 674. The van der Waals surface area contributed by atoms with E-state index < -0.39 is 9.84 Å². The summed E-state index contributed by atoms with van der Waals surface area (Å²) in [7, 11) is -2.93. The maximum absolute atomic E-state index is 11.8. The number of nitrogens with zero attached hydrogens (tertiary/aromatic N) is 3. The van der Waals surface area contributed by atoms with E-state index in [0.29, 0.717) is 18.9 Å². The van der Waals surface area contributed by atoms with Gasteiger partial charge in [-0.15, -0.1) is 0 Å². The van der Waals surface area contributed by atoms with Crippen LogP contribution < -0.4 is 10.2 Å². The lowest BCUT2D eigenvalue weighted by Gasteiger charge is -2.27. The molecule has 3 heterocycles. The molecular weight excluding hydrogens is 328 g/mol. The third-order valence-electron chi connectivity index (χ3n) is 4.62. The molecule has 0 spiro atoms. The lowest BCUT2D eigenvalue weighted by atomic mass is 10.2. The highest BCUT2D eigenvalue weighted by Crippen LogP contribution is 2.23. The highest BCUT2D eigenvalue weighted by molar-refractivity contribution is 7.91. The van der Waals surface area contributed by atoms with Crippen LogP contribution >= 0.6 is 0 Å². The van der Waals surface area contributed by atoms with Crippen molar-refractivity contribution >= 4 is 21.6 Å². The van der Waals surface area contributed by atoms with Crippen LogP contribution in [0.1, 0.15) is 31.9 Å². The predicted molar refractivity (Wildman–Crippen MR) is 94.3 cm³/mol. The minimum atomic E-state index is -2.93. The zero-order valence-electron chi connectivity index (χ0n) is 14.4. The molecule has 0 aromatic carbocycles. The standard InChI is InChI=1S/C16H26N4O3S/c1-3-20(13-6-8-24(21,22)11-13)16-18-12(2)9-15(19-16)17-10-14-5-4-7-23-14/h9,13-14H,3-8,10-11H2,1-2H3,(H,17,18,19). The number of aryl methyl sites for hydroxylation is 1. The van der Waals surface area contributed by atoms with Crippen molar-refractivity contribution in [3.63, 3.8) is 0 Å². The highest BCUT2D eigenvalue weighted by Gasteiger charge is 2.33. The van der Waals surface area contributed by atoms with Crippen molar-refractivity contribution in [3.8, 4) is 0 Å². The lowest BCUT2D eigenvalue weighted by Crippen LogP contribution is -2.37. The number of hydrogen-bond acceptors (Lipinski definition) is 7. The fraction of sp³-hybridized carbons (Fsp3) is 0.750. The minimum Gasteiger partial charge on any atom is -0.376 e. The molecule has 1 aromatic rings. The van der Waals surface area contributed by atoms with Crippen LogP contribution in [0.15, 0.2) is 6.07 Å². The van der Waals surface area contributed by atoms with Crippen molar-refractivity contribution in [2.45, 2.75) is 45.3 Å². The van der Waals surface area contributed by atoms with E-state index >= 15 is 0 Å². The fourth-order valence-corrected chi connectivity index (χ4v) is 5.11. The van der Waals surface area contributed by atoms with E-state index in [1.54, 1.807) is 0 Å². The predicted octanol–water partition coefficient (Wildman–Crippen LogP) is 1.39. The summed E-state index contributed by atoms with van der Waals surface area (Å²) in [6, 6.07) is 1.88. The van der Waals surface area contributed by atoms with Gasteiger partial charge in [0.05, 0.1) is 17.6 Å². The Kier molecular flexibility index (Phi) is 5.24. The lowest BCUT2D eigenvalue weighted by molar-refractivity contribution is 0.120. The van der Waals surface area contributed by atoms with E-state index in [9.17, 15) is 8.42 Å². The summed E-state index contributed by atoms with van der Waals surface area (Å²) in [5.41, 5.74) is 0.870. The van der Waals surface area contributed by atoms with E-state index in [0.717, 1.165) is 37.5 Å². The molecule has 2 aliphatic rings. The van der Waals surface area contributed by atoms with Crippen LogP contribution in [0.2, 0.25) is 0 Å². The SMILES string of the molecule is CCN(c1nc(C)cc(NCC2CCCO2)n1)C1CCS(=O)(=O)C1. The van der Waals surface area contributed by atoms with Gasteiger partial charge in [-0.25, -0.2) is 13.4 Å². The maximum Gasteiger partial charge on any atom is 0.227 e. The number of aromatic nitrogens is 2. The average molecular weight is 354 g/mol. The van der Waals surface area contributed by atoms with Crippen LogP contribution in [0.5, 0.6) is 0 Å². The van der Waals surface area contributed by atoms with E-state index in [4.69, 9.17) is 4.74 Å². The second-order valence-electron chi connectivity index (χ2n) is 6.55. The molecule has 2 unspecified atom stereocenters. The first-order chi connectivity index (χ1) is 11.5. The Labute approximate surface area is 143 Å². The summed E-state index contributed by atoms with van der Waals surface area (Å²) >= 11 is 0. The zero-order valence-corrected chi connectivity index (χ0v) is 15.2. The molecule has 0 aliphatic carbocycles. The van der Waals surface area contributed by atoms with Crippen LogP contribution in [-0.4, -0.2) is 61.7 Å². The van der Waals surface area contributed by atoms with Crippen LogP contribution in [-0.2, 0) is 14.6 Å². The van der Waals surface area contributed by atoms with Crippen LogP contribution in [0.4, 0.5) is 11.8 Å². The van der Waals surface area contributed by atoms with Crippen molar-refractivity contribution in [2.24, 2.45) is 0 Å². The Balaban J connectivity index is 1.73. The second kappa shape index (κ2) is 7.23. The molecule has 2 fully saturated rings. The Morgan fingerprint density at radius 1 is 1.38 bits per heavy atom. The summed E-state index contributed by atoms with van der Waals surface area (Å²) in [6.45, 7) is 6.20. The highest BCUT2D eigenvalue weighted by atomic mass is 32.2. The minimum absolute atomic E-state index is 0.0344. The first-order valence-corrected chi connectivity index (χ1v) is 10.5. The number of rotatable bonds is 6. The van der Waals surface area contributed by atoms with Crippen molar-refractivity contribution in [2.75, 3.05) is 41.4 Å². The number of sulfone groups is 1.